The van der Waals surface area contributed by atoms with Gasteiger partial charge in [-0.25, -0.2) is 0 Å². The summed E-state index contributed by atoms with van der Waals surface area (Å²) in [6.45, 7) is 5.52. The molecule has 1 aromatic carbocycles. The van der Waals surface area contributed by atoms with Crippen molar-refractivity contribution in [1.82, 2.24) is 14.8 Å². The van der Waals surface area contributed by atoms with Crippen molar-refractivity contribution in [3.05, 3.63) is 57.4 Å². The van der Waals surface area contributed by atoms with Crippen molar-refractivity contribution in [1.29, 1.82) is 0 Å². The summed E-state index contributed by atoms with van der Waals surface area (Å²) in [6, 6.07) is 4.70. The van der Waals surface area contributed by atoms with Gasteiger partial charge < -0.3 is 19.5 Å². The van der Waals surface area contributed by atoms with Crippen LogP contribution >= 0.6 is 11.6 Å². The van der Waals surface area contributed by atoms with E-state index < -0.39 is 28.7 Å². The van der Waals surface area contributed by atoms with Crippen molar-refractivity contribution in [2.45, 2.75) is 64.5 Å². The van der Waals surface area contributed by atoms with Crippen molar-refractivity contribution >= 4 is 23.4 Å². The Morgan fingerprint density at radius 3 is 2.68 bits per heavy atom. The number of alkyl halides is 3. The molecule has 0 unspecified atom stereocenters. The number of nitrogens with one attached hydrogen (secondary N) is 1. The highest BCUT2D eigenvalue weighted by atomic mass is 35.5. The molecule has 4 rings (SSSR count). The maximum absolute atomic E-state index is 13.3. The number of likely N-dealkylation sites (tertiary alicyclic amines) is 1. The van der Waals surface area contributed by atoms with Crippen LogP contribution in [-0.4, -0.2) is 40.5 Å². The smallest absolute Gasteiger partial charge is 0.373 e. The molecule has 1 N–H and O–H groups in total. The number of hydrogen-bond acceptors (Lipinski definition) is 3. The van der Waals surface area contributed by atoms with E-state index in [4.69, 9.17) is 16.3 Å². The Bertz CT molecular complexity index is 1100. The summed E-state index contributed by atoms with van der Waals surface area (Å²) >= 11 is 5.75. The van der Waals surface area contributed by atoms with E-state index in [1.807, 2.05) is 16.4 Å². The molecule has 0 saturated carbocycles. The molecular formula is C24H27ClF3N3O3. The lowest BCUT2D eigenvalue weighted by molar-refractivity contribution is -0.137. The SMILES string of the molecule is CC[C@@H](NC(=O)c1cc(C(=O)N2CCC[C@@H]2C)n2c1COCC2)c1ccc(Cl)c(C(F)(F)F)c1. The van der Waals surface area contributed by atoms with Gasteiger partial charge in [0.25, 0.3) is 11.8 Å². The number of ether oxygens (including phenoxy) is 1. The van der Waals surface area contributed by atoms with Crippen molar-refractivity contribution in [3.63, 3.8) is 0 Å². The Balaban J connectivity index is 1.63. The second-order valence-electron chi connectivity index (χ2n) is 8.76. The highest BCUT2D eigenvalue weighted by Gasteiger charge is 2.35. The van der Waals surface area contributed by atoms with E-state index in [0.717, 1.165) is 18.9 Å². The summed E-state index contributed by atoms with van der Waals surface area (Å²) in [7, 11) is 0. The Labute approximate surface area is 201 Å². The fraction of sp³-hybridized carbons (Fsp3) is 0.500. The van der Waals surface area contributed by atoms with Crippen LogP contribution in [0.15, 0.2) is 24.3 Å². The lowest BCUT2D eigenvalue weighted by atomic mass is 10.0. The van der Waals surface area contributed by atoms with E-state index >= 15 is 0 Å². The first-order valence-corrected chi connectivity index (χ1v) is 11.8. The zero-order valence-corrected chi connectivity index (χ0v) is 19.8. The van der Waals surface area contributed by atoms with E-state index in [9.17, 15) is 22.8 Å². The molecule has 3 heterocycles. The molecule has 1 saturated heterocycles. The Kier molecular flexibility index (Phi) is 6.96. The van der Waals surface area contributed by atoms with Crippen LogP contribution in [0.2, 0.25) is 5.02 Å². The van der Waals surface area contributed by atoms with Crippen LogP contribution in [0.5, 0.6) is 0 Å². The normalized spacial score (nSPS) is 19.1. The number of fused-ring (bicyclic) bond motifs is 1. The summed E-state index contributed by atoms with van der Waals surface area (Å²) < 4.78 is 47.3. The molecule has 1 aromatic heterocycles. The molecule has 34 heavy (non-hydrogen) atoms. The molecular weight excluding hydrogens is 471 g/mol. The molecule has 2 amide bonds. The van der Waals surface area contributed by atoms with E-state index in [1.54, 1.807) is 13.0 Å². The maximum Gasteiger partial charge on any atom is 0.417 e. The standard InChI is InChI=1S/C24H27ClF3N3O3/c1-3-19(15-6-7-18(25)17(11-15)24(26,27)28)29-22(32)16-12-20(31-9-10-34-13-21(16)31)23(33)30-8-4-5-14(30)2/h6-7,11-12,14,19H,3-5,8-10,13H2,1-2H3,(H,29,32)/t14-,19+/m0/s1. The van der Waals surface area contributed by atoms with Gasteiger partial charge in [-0.05, 0) is 49.9 Å². The monoisotopic (exact) mass is 497 g/mol. The minimum absolute atomic E-state index is 0.119. The molecule has 0 radical (unpaired) electrons. The third-order valence-corrected chi connectivity index (χ3v) is 6.93. The highest BCUT2D eigenvalue weighted by Crippen LogP contribution is 2.36. The molecule has 0 spiro atoms. The number of carbonyl (C=O) groups excluding carboxylic acids is 2. The van der Waals surface area contributed by atoms with Crippen LogP contribution in [0, 0.1) is 0 Å². The van der Waals surface area contributed by atoms with Crippen LogP contribution < -0.4 is 5.32 Å². The third kappa shape index (κ3) is 4.68. The average molecular weight is 498 g/mol. The zero-order valence-electron chi connectivity index (χ0n) is 19.0. The molecule has 2 aliphatic heterocycles. The second-order valence-corrected chi connectivity index (χ2v) is 9.16. The van der Waals surface area contributed by atoms with Crippen LogP contribution in [0.4, 0.5) is 13.2 Å². The fourth-order valence-corrected chi connectivity index (χ4v) is 4.94. The number of hydrogen-bond donors (Lipinski definition) is 1. The first kappa shape index (κ1) is 24.6. The van der Waals surface area contributed by atoms with Gasteiger partial charge in [0.05, 0.1) is 41.1 Å². The quantitative estimate of drug-likeness (QED) is 0.618. The molecule has 2 atom stereocenters. The van der Waals surface area contributed by atoms with Crippen LogP contribution in [0.1, 0.15) is 76.8 Å². The van der Waals surface area contributed by atoms with E-state index in [1.165, 1.54) is 12.1 Å². The van der Waals surface area contributed by atoms with Crippen molar-refractivity contribution in [2.24, 2.45) is 0 Å². The number of aromatic nitrogens is 1. The number of halogens is 4. The minimum Gasteiger partial charge on any atom is -0.373 e. The van der Waals surface area contributed by atoms with Gasteiger partial charge in [0.2, 0.25) is 0 Å². The summed E-state index contributed by atoms with van der Waals surface area (Å²) in [4.78, 5) is 28.3. The largest absolute Gasteiger partial charge is 0.417 e. The van der Waals surface area contributed by atoms with Gasteiger partial charge in [0, 0.05) is 19.1 Å². The van der Waals surface area contributed by atoms with E-state index in [2.05, 4.69) is 5.32 Å². The van der Waals surface area contributed by atoms with Gasteiger partial charge in [-0.15, -0.1) is 0 Å². The molecule has 2 aliphatic rings. The van der Waals surface area contributed by atoms with Crippen molar-refractivity contribution < 1.29 is 27.5 Å². The summed E-state index contributed by atoms with van der Waals surface area (Å²) in [5.41, 5.74) is 0.705. The molecule has 2 aromatic rings. The summed E-state index contributed by atoms with van der Waals surface area (Å²) in [5.74, 6) is -0.579. The van der Waals surface area contributed by atoms with Crippen molar-refractivity contribution in [3.8, 4) is 0 Å². The lowest BCUT2D eigenvalue weighted by Crippen LogP contribution is -2.35. The van der Waals surface area contributed by atoms with Crippen molar-refractivity contribution in [2.75, 3.05) is 13.2 Å². The molecule has 1 fully saturated rings. The van der Waals surface area contributed by atoms with Crippen LogP contribution in [0.25, 0.3) is 0 Å². The van der Waals surface area contributed by atoms with Gasteiger partial charge in [-0.1, -0.05) is 24.6 Å². The molecule has 10 heteroatoms. The number of benzene rings is 1. The lowest BCUT2D eigenvalue weighted by Gasteiger charge is -2.24. The molecule has 6 nitrogen and oxygen atoms in total. The van der Waals surface area contributed by atoms with Gasteiger partial charge in [0.1, 0.15) is 5.69 Å². The summed E-state index contributed by atoms with van der Waals surface area (Å²) in [5, 5.41) is 2.44. The van der Waals surface area contributed by atoms with Gasteiger partial charge in [-0.3, -0.25) is 9.59 Å². The average Bonchev–Trinajstić information content (AvgIpc) is 3.40. The predicted molar refractivity (Wildman–Crippen MR) is 121 cm³/mol. The Hall–Kier alpha value is -2.52. The first-order chi connectivity index (χ1) is 16.1. The fourth-order valence-electron chi connectivity index (χ4n) is 4.71. The van der Waals surface area contributed by atoms with Gasteiger partial charge in [0.15, 0.2) is 0 Å². The number of amides is 2. The van der Waals surface area contributed by atoms with E-state index in [-0.39, 0.29) is 18.6 Å². The minimum atomic E-state index is -4.60. The number of rotatable bonds is 5. The van der Waals surface area contributed by atoms with Crippen LogP contribution in [0.3, 0.4) is 0 Å². The molecule has 0 bridgehead atoms. The Morgan fingerprint density at radius 1 is 1.26 bits per heavy atom. The Morgan fingerprint density at radius 2 is 2.03 bits per heavy atom. The highest BCUT2D eigenvalue weighted by molar-refractivity contribution is 6.31. The van der Waals surface area contributed by atoms with Crippen LogP contribution in [-0.2, 0) is 24.1 Å². The first-order valence-electron chi connectivity index (χ1n) is 11.4. The predicted octanol–water partition coefficient (Wildman–Crippen LogP) is 5.20. The van der Waals surface area contributed by atoms with Gasteiger partial charge >= 0.3 is 6.18 Å². The zero-order chi connectivity index (χ0) is 24.6. The second kappa shape index (κ2) is 9.62. The number of carbonyl (C=O) groups is 2. The molecule has 0 aliphatic carbocycles. The maximum atomic E-state index is 13.3. The van der Waals surface area contributed by atoms with Gasteiger partial charge in [-0.2, -0.15) is 13.2 Å². The number of nitrogens with zero attached hydrogens (tertiary/aromatic N) is 2. The molecule has 184 valence electrons. The van der Waals surface area contributed by atoms with E-state index in [0.29, 0.717) is 48.6 Å². The third-order valence-electron chi connectivity index (χ3n) is 6.60. The topological polar surface area (TPSA) is 63.6 Å². The summed E-state index contributed by atoms with van der Waals surface area (Å²) in [6.07, 6.45) is -2.35.